The summed E-state index contributed by atoms with van der Waals surface area (Å²) >= 11 is 3.00. The van der Waals surface area contributed by atoms with Crippen LogP contribution >= 0.6 is 24.1 Å². The van der Waals surface area contributed by atoms with Gasteiger partial charge in [0.15, 0.2) is 0 Å². The average Bonchev–Trinajstić information content (AvgIpc) is 2.38. The van der Waals surface area contributed by atoms with E-state index in [1.54, 1.807) is 0 Å². The van der Waals surface area contributed by atoms with Crippen LogP contribution in [0.15, 0.2) is 48.5 Å². The summed E-state index contributed by atoms with van der Waals surface area (Å²) in [5.41, 5.74) is 5.21. The molecule has 0 N–H and O–H groups in total. The molecule has 0 aliphatic carbocycles. The van der Waals surface area contributed by atoms with Crippen molar-refractivity contribution in [3.05, 3.63) is 70.8 Å². The van der Waals surface area contributed by atoms with E-state index >= 15 is 0 Å². The van der Waals surface area contributed by atoms with Gasteiger partial charge in [-0.25, -0.2) is 3.63 Å². The van der Waals surface area contributed by atoms with Crippen LogP contribution in [0, 0.1) is 13.8 Å². The number of rotatable bonds is 6. The van der Waals surface area contributed by atoms with Gasteiger partial charge in [0.05, 0.1) is 0 Å². The Labute approximate surface area is 124 Å². The summed E-state index contributed by atoms with van der Waals surface area (Å²) in [7, 11) is 0. The van der Waals surface area contributed by atoms with Gasteiger partial charge in [-0.15, -0.1) is 0 Å². The minimum Gasteiger partial charge on any atom is -0.247 e. The highest BCUT2D eigenvalue weighted by atomic mass is 32.2. The zero-order valence-corrected chi connectivity index (χ0v) is 12.9. The molecule has 2 rings (SSSR count). The van der Waals surface area contributed by atoms with Gasteiger partial charge in [-0.05, 0) is 25.0 Å². The molecule has 1 nitrogen and oxygen atoms in total. The zero-order chi connectivity index (χ0) is 13.5. The molecule has 0 radical (unpaired) electrons. The summed E-state index contributed by atoms with van der Waals surface area (Å²) in [6, 6.07) is 17.1. The van der Waals surface area contributed by atoms with Crippen LogP contribution in [-0.4, -0.2) is 0 Å². The van der Waals surface area contributed by atoms with Crippen molar-refractivity contribution in [3.8, 4) is 0 Å². The molecule has 0 spiro atoms. The molecule has 0 aliphatic heterocycles. The SMILES string of the molecule is Cc1cccc(CSOSCc2cccc(C)c2)c1. The maximum Gasteiger partial charge on any atom is 0.0461 e. The second-order valence-electron chi connectivity index (χ2n) is 4.57. The maximum absolute atomic E-state index is 5.55. The van der Waals surface area contributed by atoms with Crippen LogP contribution < -0.4 is 0 Å². The Hall–Kier alpha value is -0.900. The van der Waals surface area contributed by atoms with Crippen molar-refractivity contribution in [3.63, 3.8) is 0 Å². The van der Waals surface area contributed by atoms with Gasteiger partial charge in [0.25, 0.3) is 0 Å². The predicted molar refractivity (Wildman–Crippen MR) is 86.0 cm³/mol. The molecular formula is C16H18OS2. The first-order valence-electron chi connectivity index (χ1n) is 6.26. The summed E-state index contributed by atoms with van der Waals surface area (Å²) < 4.78 is 5.55. The monoisotopic (exact) mass is 290 g/mol. The number of benzene rings is 2. The predicted octanol–water partition coefficient (Wildman–Crippen LogP) is 5.32. The van der Waals surface area contributed by atoms with Crippen molar-refractivity contribution >= 4 is 24.1 Å². The van der Waals surface area contributed by atoms with Crippen LogP contribution in [0.4, 0.5) is 0 Å². The van der Waals surface area contributed by atoms with E-state index in [9.17, 15) is 0 Å². The van der Waals surface area contributed by atoms with Crippen molar-refractivity contribution in [2.24, 2.45) is 0 Å². The Balaban J connectivity index is 1.67. The largest absolute Gasteiger partial charge is 0.247 e. The van der Waals surface area contributed by atoms with Gasteiger partial charge in [0.1, 0.15) is 0 Å². The summed E-state index contributed by atoms with van der Waals surface area (Å²) in [6.45, 7) is 4.23. The van der Waals surface area contributed by atoms with E-state index in [2.05, 4.69) is 62.4 Å². The molecule has 0 unspecified atom stereocenters. The number of hydrogen-bond donors (Lipinski definition) is 0. The molecule has 0 fully saturated rings. The van der Waals surface area contributed by atoms with Crippen molar-refractivity contribution in [1.29, 1.82) is 0 Å². The second kappa shape index (κ2) is 7.63. The van der Waals surface area contributed by atoms with E-state index in [0.29, 0.717) is 0 Å². The minimum absolute atomic E-state index is 0.891. The third-order valence-electron chi connectivity index (χ3n) is 2.71. The maximum atomic E-state index is 5.55. The van der Waals surface area contributed by atoms with Gasteiger partial charge in [0, 0.05) is 35.6 Å². The molecule has 0 atom stereocenters. The lowest BCUT2D eigenvalue weighted by atomic mass is 10.2. The highest BCUT2D eigenvalue weighted by molar-refractivity contribution is 8.07. The van der Waals surface area contributed by atoms with Crippen LogP contribution in [-0.2, 0) is 15.1 Å². The topological polar surface area (TPSA) is 9.23 Å². The average molecular weight is 290 g/mol. The highest BCUT2D eigenvalue weighted by Crippen LogP contribution is 2.23. The molecular weight excluding hydrogens is 272 g/mol. The van der Waals surface area contributed by atoms with Gasteiger partial charge in [0.2, 0.25) is 0 Å². The third-order valence-corrected chi connectivity index (χ3v) is 4.38. The first kappa shape index (κ1) is 14.5. The van der Waals surface area contributed by atoms with Crippen molar-refractivity contribution in [2.75, 3.05) is 0 Å². The molecule has 0 amide bonds. The molecule has 2 aromatic rings. The van der Waals surface area contributed by atoms with E-state index in [1.807, 2.05) is 0 Å². The van der Waals surface area contributed by atoms with Crippen LogP contribution in [0.3, 0.4) is 0 Å². The van der Waals surface area contributed by atoms with E-state index < -0.39 is 0 Å². The molecule has 0 heterocycles. The van der Waals surface area contributed by atoms with Crippen molar-refractivity contribution < 1.29 is 3.63 Å². The van der Waals surface area contributed by atoms with Crippen LogP contribution in [0.5, 0.6) is 0 Å². The highest BCUT2D eigenvalue weighted by Gasteiger charge is 1.98. The third kappa shape index (κ3) is 5.31. The Bertz CT molecular complexity index is 478. The fraction of sp³-hybridized carbons (Fsp3) is 0.250. The van der Waals surface area contributed by atoms with E-state index in [-0.39, 0.29) is 0 Å². The molecule has 0 aromatic heterocycles. The lowest BCUT2D eigenvalue weighted by molar-refractivity contribution is 0.755. The quantitative estimate of drug-likeness (QED) is 0.526. The Morgan fingerprint density at radius 2 is 1.26 bits per heavy atom. The van der Waals surface area contributed by atoms with Gasteiger partial charge in [-0.3, -0.25) is 0 Å². The number of aryl methyl sites for hydroxylation is 2. The first-order valence-corrected chi connectivity index (χ1v) is 8.08. The summed E-state index contributed by atoms with van der Waals surface area (Å²) in [4.78, 5) is 0. The molecule has 19 heavy (non-hydrogen) atoms. The van der Waals surface area contributed by atoms with Gasteiger partial charge in [-0.1, -0.05) is 59.7 Å². The first-order chi connectivity index (χ1) is 9.24. The second-order valence-corrected chi connectivity index (χ2v) is 6.16. The fourth-order valence-corrected chi connectivity index (χ4v) is 3.11. The van der Waals surface area contributed by atoms with Crippen LogP contribution in [0.25, 0.3) is 0 Å². The molecule has 0 saturated carbocycles. The molecule has 0 aliphatic rings. The molecule has 100 valence electrons. The normalized spacial score (nSPS) is 10.6. The van der Waals surface area contributed by atoms with E-state index in [4.69, 9.17) is 3.63 Å². The van der Waals surface area contributed by atoms with E-state index in [1.165, 1.54) is 46.3 Å². The van der Waals surface area contributed by atoms with Crippen LogP contribution in [0.1, 0.15) is 22.3 Å². The fourth-order valence-electron chi connectivity index (χ4n) is 1.82. The zero-order valence-electron chi connectivity index (χ0n) is 11.3. The van der Waals surface area contributed by atoms with E-state index in [0.717, 1.165) is 11.5 Å². The Morgan fingerprint density at radius 3 is 1.68 bits per heavy atom. The molecule has 3 heteroatoms. The van der Waals surface area contributed by atoms with Crippen molar-refractivity contribution in [1.82, 2.24) is 0 Å². The Kier molecular flexibility index (Phi) is 5.83. The lowest BCUT2D eigenvalue weighted by Gasteiger charge is -2.04. The smallest absolute Gasteiger partial charge is 0.0461 e. The van der Waals surface area contributed by atoms with Gasteiger partial charge in [-0.2, -0.15) is 0 Å². The number of hydrogen-bond acceptors (Lipinski definition) is 3. The summed E-state index contributed by atoms with van der Waals surface area (Å²) in [5, 5.41) is 0. The minimum atomic E-state index is 0.891. The Morgan fingerprint density at radius 1 is 0.789 bits per heavy atom. The molecule has 2 aromatic carbocycles. The molecule has 0 saturated heterocycles. The summed E-state index contributed by atoms with van der Waals surface area (Å²) in [6.07, 6.45) is 0. The van der Waals surface area contributed by atoms with Crippen molar-refractivity contribution in [2.45, 2.75) is 25.4 Å². The molecule has 0 bridgehead atoms. The van der Waals surface area contributed by atoms with Gasteiger partial charge < -0.3 is 0 Å². The summed E-state index contributed by atoms with van der Waals surface area (Å²) in [5.74, 6) is 1.78. The van der Waals surface area contributed by atoms with Gasteiger partial charge >= 0.3 is 0 Å². The standard InChI is InChI=1S/C16H18OS2/c1-13-5-3-7-15(9-13)11-18-17-19-12-16-8-4-6-14(2)10-16/h3-10H,11-12H2,1-2H3. The van der Waals surface area contributed by atoms with Crippen LogP contribution in [0.2, 0.25) is 0 Å². The lowest BCUT2D eigenvalue weighted by Crippen LogP contribution is -1.83.